The normalized spacial score (nSPS) is 16.2. The molecule has 30 heavy (non-hydrogen) atoms. The number of phenolic OH excluding ortho intramolecular Hbond substituents is 1. The van der Waals surface area contributed by atoms with Crippen LogP contribution in [0.4, 0.5) is 10.2 Å². The van der Waals surface area contributed by atoms with Gasteiger partial charge in [0.15, 0.2) is 17.6 Å². The van der Waals surface area contributed by atoms with E-state index < -0.39 is 0 Å². The highest BCUT2D eigenvalue weighted by Crippen LogP contribution is 2.24. The van der Waals surface area contributed by atoms with Crippen molar-refractivity contribution in [1.29, 1.82) is 0 Å². The summed E-state index contributed by atoms with van der Waals surface area (Å²) in [5.74, 6) is 1.65. The number of rotatable bonds is 7. The zero-order valence-electron chi connectivity index (χ0n) is 17.3. The molecule has 0 aliphatic carbocycles. The maximum atomic E-state index is 14.0. The number of pyridine rings is 1. The lowest BCUT2D eigenvalue weighted by atomic mass is 10.1. The van der Waals surface area contributed by atoms with E-state index in [1.165, 1.54) is 6.07 Å². The van der Waals surface area contributed by atoms with E-state index in [2.05, 4.69) is 20.6 Å². The van der Waals surface area contributed by atoms with E-state index in [-0.39, 0.29) is 41.6 Å². The molecule has 1 aromatic heterocycles. The van der Waals surface area contributed by atoms with Crippen molar-refractivity contribution in [2.75, 3.05) is 38.2 Å². The Morgan fingerprint density at radius 2 is 2.23 bits per heavy atom. The number of hydrogen-bond donors (Lipinski definition) is 3. The number of halogens is 2. The van der Waals surface area contributed by atoms with E-state index >= 15 is 0 Å². The molecular weight excluding hydrogens is 500 g/mol. The van der Waals surface area contributed by atoms with E-state index in [9.17, 15) is 9.50 Å². The van der Waals surface area contributed by atoms with E-state index in [1.54, 1.807) is 25.4 Å². The molecule has 1 saturated heterocycles. The van der Waals surface area contributed by atoms with Gasteiger partial charge in [0, 0.05) is 44.5 Å². The number of benzene rings is 1. The lowest BCUT2D eigenvalue weighted by molar-refractivity contribution is 0.406. The summed E-state index contributed by atoms with van der Waals surface area (Å²) in [5, 5.41) is 16.7. The van der Waals surface area contributed by atoms with Gasteiger partial charge in [-0.2, -0.15) is 0 Å². The van der Waals surface area contributed by atoms with Gasteiger partial charge in [-0.3, -0.25) is 4.99 Å². The smallest absolute Gasteiger partial charge is 0.191 e. The molecule has 1 unspecified atom stereocenters. The summed E-state index contributed by atoms with van der Waals surface area (Å²) in [6, 6.07) is 8.46. The molecule has 0 bridgehead atoms. The van der Waals surface area contributed by atoms with Crippen molar-refractivity contribution in [1.82, 2.24) is 15.6 Å². The van der Waals surface area contributed by atoms with Crippen LogP contribution >= 0.6 is 24.0 Å². The minimum Gasteiger partial charge on any atom is -0.508 e. The molecule has 2 aromatic rings. The highest BCUT2D eigenvalue weighted by atomic mass is 127. The Bertz CT molecular complexity index is 852. The number of phenols is 1. The second-order valence-electron chi connectivity index (χ2n) is 6.89. The average Bonchev–Trinajstić information content (AvgIpc) is 3.17. The van der Waals surface area contributed by atoms with Crippen molar-refractivity contribution in [3.05, 3.63) is 47.9 Å². The van der Waals surface area contributed by atoms with E-state index in [4.69, 9.17) is 4.74 Å². The van der Waals surface area contributed by atoms with Crippen LogP contribution < -0.4 is 20.3 Å². The summed E-state index contributed by atoms with van der Waals surface area (Å²) in [5.41, 5.74) is 0.822. The molecule has 2 heterocycles. The third kappa shape index (κ3) is 6.35. The molecule has 3 rings (SSSR count). The fraction of sp³-hybridized carbons (Fsp3) is 0.429. The van der Waals surface area contributed by atoms with Crippen molar-refractivity contribution >= 4 is 35.8 Å². The molecule has 0 saturated carbocycles. The molecule has 9 heteroatoms. The number of aliphatic imine (C=N–C) groups is 1. The van der Waals surface area contributed by atoms with Gasteiger partial charge < -0.3 is 25.4 Å². The standard InChI is InChI=1S/C21H28FN5O2.HI/c1-3-23-21(25-11-8-15-6-7-17(29-2)13-19(15)28)26-16-9-12-27(14-16)20-18(22)5-4-10-24-20;/h4-7,10,13,16,28H,3,8-9,11-12,14H2,1-2H3,(H2,23,25,26);1H. The van der Waals surface area contributed by atoms with Crippen LogP contribution in [0.1, 0.15) is 18.9 Å². The maximum absolute atomic E-state index is 14.0. The maximum Gasteiger partial charge on any atom is 0.191 e. The Labute approximate surface area is 193 Å². The zero-order chi connectivity index (χ0) is 20.6. The second-order valence-corrected chi connectivity index (χ2v) is 6.89. The molecule has 1 atom stereocenters. The summed E-state index contributed by atoms with van der Waals surface area (Å²) >= 11 is 0. The van der Waals surface area contributed by atoms with Crippen molar-refractivity contribution in [3.63, 3.8) is 0 Å². The number of ether oxygens (including phenoxy) is 1. The van der Waals surface area contributed by atoms with Crippen molar-refractivity contribution in [2.24, 2.45) is 4.99 Å². The lowest BCUT2D eigenvalue weighted by Crippen LogP contribution is -2.44. The van der Waals surface area contributed by atoms with Crippen LogP contribution in [0.15, 0.2) is 41.5 Å². The van der Waals surface area contributed by atoms with Gasteiger partial charge in [-0.1, -0.05) is 6.07 Å². The first-order valence-electron chi connectivity index (χ1n) is 9.87. The average molecular weight is 529 g/mol. The Kier molecular flexibility index (Phi) is 9.41. The van der Waals surface area contributed by atoms with Crippen molar-refractivity contribution < 1.29 is 14.2 Å². The van der Waals surface area contributed by atoms with E-state index in [1.807, 2.05) is 24.0 Å². The van der Waals surface area contributed by atoms with Crippen LogP contribution in [0.2, 0.25) is 0 Å². The summed E-state index contributed by atoms with van der Waals surface area (Å²) in [6.45, 7) is 4.69. The van der Waals surface area contributed by atoms with Crippen LogP contribution in [-0.2, 0) is 6.42 Å². The Morgan fingerprint density at radius 3 is 2.93 bits per heavy atom. The van der Waals surface area contributed by atoms with Crippen LogP contribution in [-0.4, -0.2) is 55.4 Å². The number of nitrogens with zero attached hydrogens (tertiary/aromatic N) is 3. The van der Waals surface area contributed by atoms with Gasteiger partial charge in [0.05, 0.1) is 7.11 Å². The first-order chi connectivity index (χ1) is 14.1. The molecule has 0 amide bonds. The predicted octanol–water partition coefficient (Wildman–Crippen LogP) is 2.93. The lowest BCUT2D eigenvalue weighted by Gasteiger charge is -2.20. The van der Waals surface area contributed by atoms with Crippen LogP contribution in [0, 0.1) is 5.82 Å². The van der Waals surface area contributed by atoms with Gasteiger partial charge >= 0.3 is 0 Å². The monoisotopic (exact) mass is 529 g/mol. The molecule has 1 fully saturated rings. The molecule has 1 aromatic carbocycles. The minimum atomic E-state index is -0.298. The Morgan fingerprint density at radius 1 is 1.40 bits per heavy atom. The van der Waals surface area contributed by atoms with Gasteiger partial charge in [-0.05, 0) is 43.5 Å². The largest absolute Gasteiger partial charge is 0.508 e. The molecular formula is C21H29FIN5O2. The van der Waals surface area contributed by atoms with Gasteiger partial charge in [-0.15, -0.1) is 24.0 Å². The van der Waals surface area contributed by atoms with Crippen LogP contribution in [0.5, 0.6) is 11.5 Å². The van der Waals surface area contributed by atoms with Crippen molar-refractivity contribution in [3.8, 4) is 11.5 Å². The minimum absolute atomic E-state index is 0. The molecule has 7 nitrogen and oxygen atoms in total. The highest BCUT2D eigenvalue weighted by molar-refractivity contribution is 14.0. The molecule has 0 radical (unpaired) electrons. The fourth-order valence-corrected chi connectivity index (χ4v) is 3.36. The van der Waals surface area contributed by atoms with Gasteiger partial charge in [0.25, 0.3) is 0 Å². The topological polar surface area (TPSA) is 82.0 Å². The predicted molar refractivity (Wildman–Crippen MR) is 128 cm³/mol. The first kappa shape index (κ1) is 24.0. The first-order valence-corrected chi connectivity index (χ1v) is 9.87. The quantitative estimate of drug-likeness (QED) is 0.291. The number of methoxy groups -OCH3 is 1. The number of aromatic nitrogens is 1. The number of guanidine groups is 1. The summed E-state index contributed by atoms with van der Waals surface area (Å²) in [7, 11) is 1.57. The third-order valence-electron chi connectivity index (χ3n) is 4.86. The van der Waals surface area contributed by atoms with Crippen molar-refractivity contribution in [2.45, 2.75) is 25.8 Å². The van der Waals surface area contributed by atoms with E-state index in [0.717, 1.165) is 25.1 Å². The summed E-state index contributed by atoms with van der Waals surface area (Å²) in [4.78, 5) is 10.7. The number of aromatic hydroxyl groups is 1. The Balaban J connectivity index is 0.00000320. The molecule has 1 aliphatic rings. The summed E-state index contributed by atoms with van der Waals surface area (Å²) < 4.78 is 19.1. The van der Waals surface area contributed by atoms with Gasteiger partial charge in [-0.25, -0.2) is 9.37 Å². The highest BCUT2D eigenvalue weighted by Gasteiger charge is 2.25. The van der Waals surface area contributed by atoms with Gasteiger partial charge in [0.1, 0.15) is 11.5 Å². The fourth-order valence-electron chi connectivity index (χ4n) is 3.36. The zero-order valence-corrected chi connectivity index (χ0v) is 19.6. The Hall–Kier alpha value is -2.30. The van der Waals surface area contributed by atoms with Crippen LogP contribution in [0.3, 0.4) is 0 Å². The van der Waals surface area contributed by atoms with E-state index in [0.29, 0.717) is 37.0 Å². The SMILES string of the molecule is CCNC(=NCCc1ccc(OC)cc1O)NC1CCN(c2ncccc2F)C1.I. The number of nitrogens with one attached hydrogen (secondary N) is 2. The molecule has 164 valence electrons. The second kappa shape index (κ2) is 11.8. The molecule has 1 aliphatic heterocycles. The molecule has 3 N–H and O–H groups in total. The third-order valence-corrected chi connectivity index (χ3v) is 4.86. The number of anilines is 1. The summed E-state index contributed by atoms with van der Waals surface area (Å²) in [6.07, 6.45) is 3.10. The molecule has 0 spiro atoms. The van der Waals surface area contributed by atoms with Crippen LogP contribution in [0.25, 0.3) is 0 Å². The van der Waals surface area contributed by atoms with Gasteiger partial charge in [0.2, 0.25) is 0 Å². The number of hydrogen-bond acceptors (Lipinski definition) is 5.